The van der Waals surface area contributed by atoms with Crippen LogP contribution in [-0.2, 0) is 19.1 Å². The van der Waals surface area contributed by atoms with E-state index in [1.165, 1.54) is 24.1 Å². The highest BCUT2D eigenvalue weighted by Crippen LogP contribution is 2.48. The lowest BCUT2D eigenvalue weighted by Crippen LogP contribution is -2.53. The molecule has 1 aromatic carbocycles. The molecule has 1 N–H and O–H groups in total. The van der Waals surface area contributed by atoms with Crippen LogP contribution in [0.1, 0.15) is 25.5 Å². The third-order valence-electron chi connectivity index (χ3n) is 5.03. The molecular formula is C17H19FN2O4. The molecule has 0 radical (unpaired) electrons. The first kappa shape index (κ1) is 16.6. The largest absolute Gasteiger partial charge is 0.468 e. The zero-order valence-electron chi connectivity index (χ0n) is 13.7. The maximum Gasteiger partial charge on any atom is 0.326 e. The Kier molecular flexibility index (Phi) is 3.91. The number of imide groups is 1. The van der Waals surface area contributed by atoms with E-state index in [0.717, 1.165) is 0 Å². The molecule has 0 aromatic heterocycles. The average molecular weight is 334 g/mol. The number of fused-ring (bicyclic) bond motifs is 1. The summed E-state index contributed by atoms with van der Waals surface area (Å²) >= 11 is 0. The molecule has 2 aliphatic rings. The third-order valence-corrected chi connectivity index (χ3v) is 5.03. The van der Waals surface area contributed by atoms with Crippen LogP contribution in [-0.4, -0.2) is 41.9 Å². The summed E-state index contributed by atoms with van der Waals surface area (Å²) in [6.45, 7) is 3.54. The van der Waals surface area contributed by atoms with E-state index in [1.807, 2.05) is 0 Å². The fourth-order valence-electron chi connectivity index (χ4n) is 3.87. The second-order valence-corrected chi connectivity index (χ2v) is 6.29. The second kappa shape index (κ2) is 5.66. The molecule has 0 bridgehead atoms. The molecule has 0 unspecified atom stereocenters. The van der Waals surface area contributed by atoms with Gasteiger partial charge in [-0.25, -0.2) is 4.39 Å². The number of ether oxygens (including phenoxy) is 1. The summed E-state index contributed by atoms with van der Waals surface area (Å²) in [7, 11) is 1.24. The maximum absolute atomic E-state index is 13.2. The molecule has 0 saturated carbocycles. The van der Waals surface area contributed by atoms with Gasteiger partial charge in [0.1, 0.15) is 11.4 Å². The van der Waals surface area contributed by atoms with E-state index in [-0.39, 0.29) is 18.4 Å². The van der Waals surface area contributed by atoms with E-state index < -0.39 is 35.2 Å². The average Bonchev–Trinajstić information content (AvgIpc) is 3.02. The zero-order chi connectivity index (χ0) is 17.6. The van der Waals surface area contributed by atoms with Crippen LogP contribution in [0.2, 0.25) is 0 Å². The quantitative estimate of drug-likeness (QED) is 0.660. The Balaban J connectivity index is 2.09. The number of halogens is 1. The van der Waals surface area contributed by atoms with E-state index in [2.05, 4.69) is 5.32 Å². The number of esters is 1. The highest BCUT2D eigenvalue weighted by molar-refractivity contribution is 6.09. The standard InChI is InChI=1S/C17H19FN2O4/c1-4-20-14(21)11-12(15(20)22)17(2,16(23)24-3)19-13(11)9-5-7-10(18)8-6-9/h5-8,11-13,19H,4H2,1-3H3/t11-,12+,13-,17+/m0/s1. The number of amides is 2. The third kappa shape index (κ3) is 2.15. The summed E-state index contributed by atoms with van der Waals surface area (Å²) in [6.07, 6.45) is 0. The van der Waals surface area contributed by atoms with Crippen molar-refractivity contribution in [2.24, 2.45) is 11.8 Å². The molecule has 0 spiro atoms. The number of rotatable bonds is 3. The molecule has 24 heavy (non-hydrogen) atoms. The smallest absolute Gasteiger partial charge is 0.326 e. The highest BCUT2D eigenvalue weighted by atomic mass is 19.1. The van der Waals surface area contributed by atoms with Crippen LogP contribution in [0.5, 0.6) is 0 Å². The first-order valence-corrected chi connectivity index (χ1v) is 7.82. The number of carbonyl (C=O) groups is 3. The summed E-state index contributed by atoms with van der Waals surface area (Å²) in [5, 5.41) is 3.10. The molecule has 2 amide bonds. The van der Waals surface area contributed by atoms with Gasteiger partial charge >= 0.3 is 5.97 Å². The van der Waals surface area contributed by atoms with Gasteiger partial charge in [0.25, 0.3) is 0 Å². The van der Waals surface area contributed by atoms with Crippen molar-refractivity contribution in [3.63, 3.8) is 0 Å². The zero-order valence-corrected chi connectivity index (χ0v) is 13.7. The molecule has 2 saturated heterocycles. The first-order valence-electron chi connectivity index (χ1n) is 7.82. The van der Waals surface area contributed by atoms with Crippen LogP contribution >= 0.6 is 0 Å². The van der Waals surface area contributed by atoms with Crippen LogP contribution in [0.25, 0.3) is 0 Å². The Morgan fingerprint density at radius 3 is 2.46 bits per heavy atom. The lowest BCUT2D eigenvalue weighted by atomic mass is 9.80. The van der Waals surface area contributed by atoms with Crippen molar-refractivity contribution in [2.45, 2.75) is 25.4 Å². The second-order valence-electron chi connectivity index (χ2n) is 6.29. The Morgan fingerprint density at radius 2 is 1.92 bits per heavy atom. The normalized spacial score (nSPS) is 32.2. The minimum Gasteiger partial charge on any atom is -0.468 e. The Labute approximate surface area is 139 Å². The van der Waals surface area contributed by atoms with Gasteiger partial charge in [-0.2, -0.15) is 0 Å². The lowest BCUT2D eigenvalue weighted by Gasteiger charge is -2.28. The monoisotopic (exact) mass is 334 g/mol. The van der Waals surface area contributed by atoms with Gasteiger partial charge in [0, 0.05) is 12.6 Å². The molecule has 0 aliphatic carbocycles. The number of benzene rings is 1. The van der Waals surface area contributed by atoms with Gasteiger partial charge < -0.3 is 4.74 Å². The van der Waals surface area contributed by atoms with Gasteiger partial charge in [0.15, 0.2) is 0 Å². The minimum atomic E-state index is -1.31. The number of methoxy groups -OCH3 is 1. The summed E-state index contributed by atoms with van der Waals surface area (Å²) in [5.41, 5.74) is -0.659. The van der Waals surface area contributed by atoms with Crippen molar-refractivity contribution in [2.75, 3.05) is 13.7 Å². The molecule has 2 heterocycles. The fourth-order valence-corrected chi connectivity index (χ4v) is 3.87. The Bertz CT molecular complexity index is 705. The van der Waals surface area contributed by atoms with Gasteiger partial charge in [-0.05, 0) is 31.5 Å². The number of nitrogens with one attached hydrogen (secondary N) is 1. The van der Waals surface area contributed by atoms with Gasteiger partial charge in [0.2, 0.25) is 11.8 Å². The number of hydrogen-bond acceptors (Lipinski definition) is 5. The van der Waals surface area contributed by atoms with Crippen molar-refractivity contribution >= 4 is 17.8 Å². The van der Waals surface area contributed by atoms with Crippen molar-refractivity contribution in [3.8, 4) is 0 Å². The van der Waals surface area contributed by atoms with Gasteiger partial charge in [-0.15, -0.1) is 0 Å². The minimum absolute atomic E-state index is 0.248. The van der Waals surface area contributed by atoms with Crippen molar-refractivity contribution in [3.05, 3.63) is 35.6 Å². The molecule has 128 valence electrons. The molecule has 3 rings (SSSR count). The SMILES string of the molecule is CCN1C(=O)[C@@H]2[C@H](c3ccc(F)cc3)N[C@@](C)(C(=O)OC)[C@H]2C1=O. The lowest BCUT2D eigenvalue weighted by molar-refractivity contribution is -0.153. The van der Waals surface area contributed by atoms with E-state index in [1.54, 1.807) is 26.0 Å². The summed E-state index contributed by atoms with van der Waals surface area (Å²) in [5.74, 6) is -3.24. The summed E-state index contributed by atoms with van der Waals surface area (Å²) in [6, 6.07) is 5.13. The van der Waals surface area contributed by atoms with E-state index in [4.69, 9.17) is 4.74 Å². The molecular weight excluding hydrogens is 315 g/mol. The van der Waals surface area contributed by atoms with Crippen molar-refractivity contribution < 1.29 is 23.5 Å². The molecule has 6 nitrogen and oxygen atoms in total. The van der Waals surface area contributed by atoms with Gasteiger partial charge in [-0.1, -0.05) is 12.1 Å². The van der Waals surface area contributed by atoms with Crippen molar-refractivity contribution in [1.29, 1.82) is 0 Å². The summed E-state index contributed by atoms with van der Waals surface area (Å²) in [4.78, 5) is 38.9. The van der Waals surface area contributed by atoms with Crippen LogP contribution in [0.15, 0.2) is 24.3 Å². The predicted octanol–water partition coefficient (Wildman–Crippen LogP) is 1.02. The number of carbonyl (C=O) groups excluding carboxylic acids is 3. The molecule has 4 atom stereocenters. The van der Waals surface area contributed by atoms with Crippen LogP contribution in [0.4, 0.5) is 4.39 Å². The van der Waals surface area contributed by atoms with Gasteiger partial charge in [-0.3, -0.25) is 24.6 Å². The molecule has 7 heteroatoms. The van der Waals surface area contributed by atoms with Crippen LogP contribution in [0.3, 0.4) is 0 Å². The summed E-state index contributed by atoms with van der Waals surface area (Å²) < 4.78 is 18.1. The predicted molar refractivity (Wildman–Crippen MR) is 82.1 cm³/mol. The highest BCUT2D eigenvalue weighted by Gasteiger charge is 2.66. The molecule has 1 aromatic rings. The number of likely N-dealkylation sites (tertiary alicyclic amines) is 1. The number of hydrogen-bond donors (Lipinski definition) is 1. The van der Waals surface area contributed by atoms with Crippen molar-refractivity contribution in [1.82, 2.24) is 10.2 Å². The van der Waals surface area contributed by atoms with Gasteiger partial charge in [0.05, 0.1) is 18.9 Å². The van der Waals surface area contributed by atoms with E-state index >= 15 is 0 Å². The Hall–Kier alpha value is -2.28. The number of nitrogens with zero attached hydrogens (tertiary/aromatic N) is 1. The van der Waals surface area contributed by atoms with E-state index in [9.17, 15) is 18.8 Å². The first-order chi connectivity index (χ1) is 11.3. The maximum atomic E-state index is 13.2. The van der Waals surface area contributed by atoms with Crippen LogP contribution in [0, 0.1) is 17.7 Å². The topological polar surface area (TPSA) is 75.7 Å². The fraction of sp³-hybridized carbons (Fsp3) is 0.471. The van der Waals surface area contributed by atoms with Crippen LogP contribution < -0.4 is 5.32 Å². The molecule has 2 fully saturated rings. The Morgan fingerprint density at radius 1 is 1.29 bits per heavy atom. The molecule has 2 aliphatic heterocycles. The van der Waals surface area contributed by atoms with E-state index in [0.29, 0.717) is 5.56 Å².